The molecule has 8 heteroatoms. The summed E-state index contributed by atoms with van der Waals surface area (Å²) >= 11 is 5.34. The van der Waals surface area contributed by atoms with Gasteiger partial charge in [0.2, 0.25) is 5.91 Å². The van der Waals surface area contributed by atoms with Crippen LogP contribution in [0, 0.1) is 12.8 Å². The van der Waals surface area contributed by atoms with Crippen LogP contribution in [-0.2, 0) is 9.59 Å². The predicted octanol–water partition coefficient (Wildman–Crippen LogP) is 3.19. The highest BCUT2D eigenvalue weighted by Gasteiger charge is 2.24. The Morgan fingerprint density at radius 3 is 2.38 bits per heavy atom. The molecular formula is C24H30N4O3S. The van der Waals surface area contributed by atoms with Gasteiger partial charge in [-0.1, -0.05) is 44.2 Å². The Labute approximate surface area is 194 Å². The monoisotopic (exact) mass is 454 g/mol. The van der Waals surface area contributed by atoms with Crippen molar-refractivity contribution in [2.45, 2.75) is 20.8 Å². The molecule has 2 aromatic rings. The molecule has 0 aromatic heterocycles. The normalized spacial score (nSPS) is 13.6. The van der Waals surface area contributed by atoms with Crippen molar-refractivity contribution < 1.29 is 14.3 Å². The summed E-state index contributed by atoms with van der Waals surface area (Å²) in [6, 6.07) is 15.3. The summed E-state index contributed by atoms with van der Waals surface area (Å²) in [6.07, 6.45) is 0. The molecule has 1 aliphatic heterocycles. The third-order valence-corrected chi connectivity index (χ3v) is 5.49. The van der Waals surface area contributed by atoms with Gasteiger partial charge in [-0.15, -0.1) is 0 Å². The zero-order valence-electron chi connectivity index (χ0n) is 18.8. The second kappa shape index (κ2) is 10.9. The molecule has 1 heterocycles. The van der Waals surface area contributed by atoms with Crippen molar-refractivity contribution in [3.8, 4) is 5.75 Å². The van der Waals surface area contributed by atoms with E-state index >= 15 is 0 Å². The van der Waals surface area contributed by atoms with Crippen LogP contribution in [0.1, 0.15) is 19.4 Å². The lowest BCUT2D eigenvalue weighted by Gasteiger charge is -2.37. The number of carbonyl (C=O) groups is 2. The van der Waals surface area contributed by atoms with E-state index in [1.54, 1.807) is 0 Å². The van der Waals surface area contributed by atoms with Gasteiger partial charge < -0.3 is 19.9 Å². The third-order valence-electron chi connectivity index (χ3n) is 5.28. The van der Waals surface area contributed by atoms with Crippen molar-refractivity contribution in [2.75, 3.05) is 43.0 Å². The summed E-state index contributed by atoms with van der Waals surface area (Å²) in [5.41, 5.74) is 2.75. The van der Waals surface area contributed by atoms with Crippen LogP contribution in [0.3, 0.4) is 0 Å². The first-order valence-electron chi connectivity index (χ1n) is 10.8. The molecule has 0 atom stereocenters. The SMILES string of the molecule is Cc1ccccc1OCC(=O)NC(=S)Nc1ccccc1N1CCN(C(=O)C(C)C)CC1. The Morgan fingerprint density at radius 2 is 1.69 bits per heavy atom. The van der Waals surface area contributed by atoms with Gasteiger partial charge >= 0.3 is 0 Å². The number of rotatable bonds is 6. The summed E-state index contributed by atoms with van der Waals surface area (Å²) in [5, 5.41) is 6.00. The van der Waals surface area contributed by atoms with Crippen molar-refractivity contribution in [1.29, 1.82) is 0 Å². The van der Waals surface area contributed by atoms with Gasteiger partial charge in [0.1, 0.15) is 5.75 Å². The minimum absolute atomic E-state index is 0.00581. The van der Waals surface area contributed by atoms with Gasteiger partial charge in [-0.25, -0.2) is 0 Å². The van der Waals surface area contributed by atoms with E-state index in [2.05, 4.69) is 15.5 Å². The molecular weight excluding hydrogens is 424 g/mol. The highest BCUT2D eigenvalue weighted by atomic mass is 32.1. The number of ether oxygens (including phenoxy) is 1. The summed E-state index contributed by atoms with van der Waals surface area (Å²) < 4.78 is 5.57. The average Bonchev–Trinajstić information content (AvgIpc) is 2.78. The molecule has 2 N–H and O–H groups in total. The minimum atomic E-state index is -0.330. The Morgan fingerprint density at radius 1 is 1.03 bits per heavy atom. The number of benzene rings is 2. The number of thiocarbonyl (C=S) groups is 1. The first kappa shape index (κ1) is 23.5. The maximum atomic E-state index is 12.3. The lowest BCUT2D eigenvalue weighted by molar-refractivity contribution is -0.134. The molecule has 1 aliphatic rings. The molecule has 32 heavy (non-hydrogen) atoms. The molecule has 7 nitrogen and oxygen atoms in total. The fourth-order valence-corrected chi connectivity index (χ4v) is 3.79. The molecule has 0 saturated carbocycles. The molecule has 0 spiro atoms. The molecule has 1 saturated heterocycles. The molecule has 1 fully saturated rings. The number of hydrogen-bond donors (Lipinski definition) is 2. The number of anilines is 2. The molecule has 170 valence electrons. The topological polar surface area (TPSA) is 73.9 Å². The van der Waals surface area contributed by atoms with E-state index < -0.39 is 0 Å². The second-order valence-corrected chi connectivity index (χ2v) is 8.45. The van der Waals surface area contributed by atoms with E-state index in [1.807, 2.05) is 74.2 Å². The summed E-state index contributed by atoms with van der Waals surface area (Å²) in [5.74, 6) is 0.533. The predicted molar refractivity (Wildman–Crippen MR) is 131 cm³/mol. The van der Waals surface area contributed by atoms with Crippen molar-refractivity contribution in [3.63, 3.8) is 0 Å². The highest BCUT2D eigenvalue weighted by molar-refractivity contribution is 7.80. The Balaban J connectivity index is 1.54. The standard InChI is InChI=1S/C24H30N4O3S/c1-17(2)23(30)28-14-12-27(13-15-28)20-10-6-5-9-19(20)25-24(32)26-22(29)16-31-21-11-7-4-8-18(21)3/h4-11,17H,12-16H2,1-3H3,(H2,25,26,29,32). The maximum Gasteiger partial charge on any atom is 0.264 e. The zero-order chi connectivity index (χ0) is 23.1. The highest BCUT2D eigenvalue weighted by Crippen LogP contribution is 2.27. The van der Waals surface area contributed by atoms with Gasteiger partial charge in [-0.05, 0) is 42.9 Å². The van der Waals surface area contributed by atoms with Crippen LogP contribution in [0.25, 0.3) is 0 Å². The van der Waals surface area contributed by atoms with E-state index in [0.29, 0.717) is 18.8 Å². The van der Waals surface area contributed by atoms with Gasteiger partial charge in [0, 0.05) is 32.1 Å². The number of nitrogens with one attached hydrogen (secondary N) is 2. The lowest BCUT2D eigenvalue weighted by atomic mass is 10.1. The van der Waals surface area contributed by atoms with Crippen molar-refractivity contribution in [1.82, 2.24) is 10.2 Å². The van der Waals surface area contributed by atoms with Crippen LogP contribution >= 0.6 is 12.2 Å². The fourth-order valence-electron chi connectivity index (χ4n) is 3.57. The fraction of sp³-hybridized carbons (Fsp3) is 0.375. The molecule has 0 radical (unpaired) electrons. The Kier molecular flexibility index (Phi) is 8.05. The van der Waals surface area contributed by atoms with Crippen LogP contribution < -0.4 is 20.3 Å². The van der Waals surface area contributed by atoms with Gasteiger partial charge in [0.05, 0.1) is 11.4 Å². The largest absolute Gasteiger partial charge is 0.483 e. The van der Waals surface area contributed by atoms with Gasteiger partial charge in [-0.3, -0.25) is 14.9 Å². The number of hydrogen-bond acceptors (Lipinski definition) is 5. The van der Waals surface area contributed by atoms with Gasteiger partial charge in [0.15, 0.2) is 11.7 Å². The first-order chi connectivity index (χ1) is 15.3. The summed E-state index contributed by atoms with van der Waals surface area (Å²) in [7, 11) is 0. The molecule has 2 aromatic carbocycles. The van der Waals surface area contributed by atoms with Gasteiger partial charge in [-0.2, -0.15) is 0 Å². The summed E-state index contributed by atoms with van der Waals surface area (Å²) in [4.78, 5) is 28.6. The maximum absolute atomic E-state index is 12.3. The number of para-hydroxylation sites is 3. The Bertz CT molecular complexity index is 971. The smallest absolute Gasteiger partial charge is 0.264 e. The van der Waals surface area contributed by atoms with E-state index in [4.69, 9.17) is 17.0 Å². The quantitative estimate of drug-likeness (QED) is 0.653. The first-order valence-corrected chi connectivity index (χ1v) is 11.2. The molecule has 0 bridgehead atoms. The van der Waals surface area contributed by atoms with E-state index in [-0.39, 0.29) is 29.5 Å². The lowest BCUT2D eigenvalue weighted by Crippen LogP contribution is -2.50. The van der Waals surface area contributed by atoms with Crippen molar-refractivity contribution in [2.24, 2.45) is 5.92 Å². The number of carbonyl (C=O) groups excluding carboxylic acids is 2. The zero-order valence-corrected chi connectivity index (χ0v) is 19.6. The van der Waals surface area contributed by atoms with E-state index in [0.717, 1.165) is 30.0 Å². The van der Waals surface area contributed by atoms with Crippen LogP contribution in [0.15, 0.2) is 48.5 Å². The van der Waals surface area contributed by atoms with E-state index in [1.165, 1.54) is 0 Å². The van der Waals surface area contributed by atoms with Crippen molar-refractivity contribution >= 4 is 40.5 Å². The van der Waals surface area contributed by atoms with E-state index in [9.17, 15) is 9.59 Å². The number of piperazine rings is 1. The third kappa shape index (κ3) is 6.20. The average molecular weight is 455 g/mol. The molecule has 0 unspecified atom stereocenters. The second-order valence-electron chi connectivity index (χ2n) is 8.04. The molecule has 3 rings (SSSR count). The number of aryl methyl sites for hydroxylation is 1. The van der Waals surface area contributed by atoms with Crippen LogP contribution in [-0.4, -0.2) is 54.6 Å². The minimum Gasteiger partial charge on any atom is -0.483 e. The molecule has 2 amide bonds. The van der Waals surface area contributed by atoms with Crippen LogP contribution in [0.2, 0.25) is 0 Å². The van der Waals surface area contributed by atoms with Crippen LogP contribution in [0.4, 0.5) is 11.4 Å². The van der Waals surface area contributed by atoms with Crippen LogP contribution in [0.5, 0.6) is 5.75 Å². The van der Waals surface area contributed by atoms with Gasteiger partial charge in [0.25, 0.3) is 5.91 Å². The summed E-state index contributed by atoms with van der Waals surface area (Å²) in [6.45, 7) is 8.49. The Hall–Kier alpha value is -3.13. The number of nitrogens with zero attached hydrogens (tertiary/aromatic N) is 2. The van der Waals surface area contributed by atoms with Crippen molar-refractivity contribution in [3.05, 3.63) is 54.1 Å². The molecule has 0 aliphatic carbocycles. The number of amides is 2.